The molecule has 0 bridgehead atoms. The number of amides is 1. The van der Waals surface area contributed by atoms with Gasteiger partial charge in [-0.3, -0.25) is 9.89 Å². The molecule has 2 aliphatic rings. The van der Waals surface area contributed by atoms with Crippen LogP contribution in [0.25, 0.3) is 22.0 Å². The molecule has 170 valence electrons. The second-order valence-corrected chi connectivity index (χ2v) is 9.26. The first-order valence-corrected chi connectivity index (χ1v) is 11.6. The minimum atomic E-state index is -0.573. The van der Waals surface area contributed by atoms with E-state index in [0.29, 0.717) is 42.6 Å². The van der Waals surface area contributed by atoms with Crippen LogP contribution in [0.3, 0.4) is 0 Å². The van der Waals surface area contributed by atoms with Crippen LogP contribution < -0.4 is 5.73 Å². The fourth-order valence-corrected chi connectivity index (χ4v) is 5.16. The quantitative estimate of drug-likeness (QED) is 0.325. The van der Waals surface area contributed by atoms with Gasteiger partial charge in [0.25, 0.3) is 0 Å². The summed E-state index contributed by atoms with van der Waals surface area (Å²) in [5.41, 5.74) is 9.58. The Hall–Kier alpha value is -2.97. The number of halogens is 2. The minimum Gasteiger partial charge on any atom is -0.396 e. The van der Waals surface area contributed by atoms with Crippen molar-refractivity contribution in [3.8, 4) is 11.1 Å². The van der Waals surface area contributed by atoms with E-state index in [4.69, 9.17) is 29.6 Å². The van der Waals surface area contributed by atoms with Gasteiger partial charge in [-0.15, -0.1) is 0 Å². The van der Waals surface area contributed by atoms with Gasteiger partial charge in [-0.1, -0.05) is 36.5 Å². The van der Waals surface area contributed by atoms with Gasteiger partial charge in [-0.2, -0.15) is 5.10 Å². The number of thiocarbonyl (C=S) groups is 1. The van der Waals surface area contributed by atoms with E-state index >= 15 is 4.39 Å². The minimum absolute atomic E-state index is 0.0220. The van der Waals surface area contributed by atoms with Crippen LogP contribution in [-0.2, 0) is 4.79 Å². The van der Waals surface area contributed by atoms with Crippen molar-refractivity contribution in [3.05, 3.63) is 59.0 Å². The first-order valence-electron chi connectivity index (χ1n) is 10.8. The van der Waals surface area contributed by atoms with E-state index in [-0.39, 0.29) is 22.2 Å². The normalized spacial score (nSPS) is 16.3. The summed E-state index contributed by atoms with van der Waals surface area (Å²) in [4.78, 5) is 15.9. The van der Waals surface area contributed by atoms with Crippen LogP contribution in [0.5, 0.6) is 0 Å². The standard InChI is InChI=1S/C24H23ClFN5OS/c1-2-19(32)30-7-9-31(10-8-30)24(33)15-11-17(25)21(22(26)23(15)27)20-14(13-3-4-13)5-6-18-16(20)12-28-29-18/h2,5-6,11-13H,1,3-4,7-10,27H2,(H,28,29). The van der Waals surface area contributed by atoms with Gasteiger partial charge in [0.1, 0.15) is 4.99 Å². The van der Waals surface area contributed by atoms with E-state index in [1.54, 1.807) is 17.2 Å². The number of H-pyrrole nitrogens is 1. The summed E-state index contributed by atoms with van der Waals surface area (Å²) >= 11 is 12.4. The highest BCUT2D eigenvalue weighted by Crippen LogP contribution is 2.49. The van der Waals surface area contributed by atoms with Crippen LogP contribution in [0, 0.1) is 5.82 Å². The highest BCUT2D eigenvalue weighted by atomic mass is 35.5. The second kappa shape index (κ2) is 8.43. The molecule has 5 rings (SSSR count). The molecule has 0 atom stereocenters. The van der Waals surface area contributed by atoms with Crippen LogP contribution in [0.2, 0.25) is 5.02 Å². The zero-order chi connectivity index (χ0) is 23.3. The molecule has 6 nitrogen and oxygen atoms in total. The molecule has 2 fully saturated rings. The Morgan fingerprint density at radius 3 is 2.61 bits per heavy atom. The smallest absolute Gasteiger partial charge is 0.246 e. The van der Waals surface area contributed by atoms with Gasteiger partial charge in [-0.25, -0.2) is 4.39 Å². The zero-order valence-corrected chi connectivity index (χ0v) is 19.5. The Morgan fingerprint density at radius 2 is 1.94 bits per heavy atom. The highest BCUT2D eigenvalue weighted by Gasteiger charge is 2.31. The SMILES string of the molecule is C=CC(=O)N1CCN(C(=S)c2cc(Cl)c(-c3c(C4CC4)ccc4[nH]ncc34)c(F)c2N)CC1. The van der Waals surface area contributed by atoms with Gasteiger partial charge < -0.3 is 15.5 Å². The third-order valence-corrected chi connectivity index (χ3v) is 7.24. The lowest BCUT2D eigenvalue weighted by Crippen LogP contribution is -2.50. The van der Waals surface area contributed by atoms with Crippen LogP contribution in [0.4, 0.5) is 10.1 Å². The number of piperazine rings is 1. The highest BCUT2D eigenvalue weighted by molar-refractivity contribution is 7.80. The van der Waals surface area contributed by atoms with Gasteiger partial charge in [-0.05, 0) is 42.5 Å². The predicted octanol–water partition coefficient (Wildman–Crippen LogP) is 4.49. The fraction of sp³-hybridized carbons (Fsp3) is 0.292. The van der Waals surface area contributed by atoms with Crippen LogP contribution >= 0.6 is 23.8 Å². The van der Waals surface area contributed by atoms with Crippen LogP contribution in [0.1, 0.15) is 29.9 Å². The topological polar surface area (TPSA) is 78.2 Å². The molecule has 0 spiro atoms. The van der Waals surface area contributed by atoms with Crippen molar-refractivity contribution in [3.63, 3.8) is 0 Å². The number of hydrogen-bond donors (Lipinski definition) is 2. The average molecular weight is 484 g/mol. The molecule has 1 aliphatic carbocycles. The number of anilines is 1. The molecular weight excluding hydrogens is 461 g/mol. The van der Waals surface area contributed by atoms with Crippen molar-refractivity contribution in [2.24, 2.45) is 0 Å². The van der Waals surface area contributed by atoms with Crippen molar-refractivity contribution in [2.75, 3.05) is 31.9 Å². The number of aromatic amines is 1. The summed E-state index contributed by atoms with van der Waals surface area (Å²) in [6.07, 6.45) is 5.13. The lowest BCUT2D eigenvalue weighted by atomic mass is 9.91. The number of carbonyl (C=O) groups excluding carboxylic acids is 1. The van der Waals surface area contributed by atoms with Gasteiger partial charge in [0.15, 0.2) is 5.82 Å². The molecule has 9 heteroatoms. The number of aromatic nitrogens is 2. The molecule has 1 saturated carbocycles. The number of nitrogens with one attached hydrogen (secondary N) is 1. The molecule has 1 amide bonds. The van der Waals surface area contributed by atoms with Gasteiger partial charge in [0.05, 0.1) is 22.4 Å². The zero-order valence-electron chi connectivity index (χ0n) is 17.9. The first kappa shape index (κ1) is 21.9. The number of rotatable bonds is 4. The summed E-state index contributed by atoms with van der Waals surface area (Å²) < 4.78 is 15.9. The van der Waals surface area contributed by atoms with Crippen molar-refractivity contribution in [1.29, 1.82) is 0 Å². The molecule has 1 saturated heterocycles. The molecule has 1 aromatic heterocycles. The molecule has 0 radical (unpaired) electrons. The molecule has 2 aromatic carbocycles. The third kappa shape index (κ3) is 3.77. The van der Waals surface area contributed by atoms with E-state index in [2.05, 4.69) is 16.8 Å². The third-order valence-electron chi connectivity index (χ3n) is 6.46. The molecule has 3 aromatic rings. The number of benzene rings is 2. The summed E-state index contributed by atoms with van der Waals surface area (Å²) in [5.74, 6) is -0.305. The number of hydrogen-bond acceptors (Lipinski definition) is 4. The lowest BCUT2D eigenvalue weighted by Gasteiger charge is -2.36. The number of nitrogen functional groups attached to an aromatic ring is 1. The molecule has 0 unspecified atom stereocenters. The predicted molar refractivity (Wildman–Crippen MR) is 133 cm³/mol. The fourth-order valence-electron chi connectivity index (χ4n) is 4.52. The van der Waals surface area contributed by atoms with Crippen molar-refractivity contribution in [2.45, 2.75) is 18.8 Å². The maximum atomic E-state index is 15.9. The monoisotopic (exact) mass is 483 g/mol. The summed E-state index contributed by atoms with van der Waals surface area (Å²) in [6.45, 7) is 5.60. The van der Waals surface area contributed by atoms with Crippen molar-refractivity contribution < 1.29 is 9.18 Å². The number of nitrogens with two attached hydrogens (primary N) is 1. The first-order chi connectivity index (χ1) is 15.9. The molecular formula is C24H23ClFN5OS. The van der Waals surface area contributed by atoms with E-state index < -0.39 is 5.82 Å². The lowest BCUT2D eigenvalue weighted by molar-refractivity contribution is -0.127. The number of fused-ring (bicyclic) bond motifs is 1. The van der Waals surface area contributed by atoms with E-state index in [1.165, 1.54) is 6.08 Å². The summed E-state index contributed by atoms with van der Waals surface area (Å²) in [5, 5.41) is 8.16. The van der Waals surface area contributed by atoms with Crippen LogP contribution in [0.15, 0.2) is 37.1 Å². The Bertz CT molecular complexity index is 1290. The Kier molecular flexibility index (Phi) is 5.58. The Balaban J connectivity index is 1.53. The van der Waals surface area contributed by atoms with Crippen molar-refractivity contribution in [1.82, 2.24) is 20.0 Å². The van der Waals surface area contributed by atoms with Gasteiger partial charge in [0, 0.05) is 48.3 Å². The second-order valence-electron chi connectivity index (χ2n) is 8.47. The van der Waals surface area contributed by atoms with E-state index in [1.807, 2.05) is 17.0 Å². The summed E-state index contributed by atoms with van der Waals surface area (Å²) in [7, 11) is 0. The summed E-state index contributed by atoms with van der Waals surface area (Å²) in [6, 6.07) is 5.64. The van der Waals surface area contributed by atoms with E-state index in [9.17, 15) is 4.79 Å². The van der Waals surface area contributed by atoms with Gasteiger partial charge >= 0.3 is 0 Å². The molecule has 1 aliphatic heterocycles. The number of nitrogens with zero attached hydrogens (tertiary/aromatic N) is 3. The van der Waals surface area contributed by atoms with Crippen molar-refractivity contribution >= 4 is 51.3 Å². The number of carbonyl (C=O) groups is 1. The molecule has 33 heavy (non-hydrogen) atoms. The van der Waals surface area contributed by atoms with E-state index in [0.717, 1.165) is 34.9 Å². The maximum Gasteiger partial charge on any atom is 0.246 e. The van der Waals surface area contributed by atoms with Gasteiger partial charge in [0.2, 0.25) is 5.91 Å². The molecule has 2 heterocycles. The Morgan fingerprint density at radius 1 is 1.24 bits per heavy atom. The Labute approximate surface area is 201 Å². The largest absolute Gasteiger partial charge is 0.396 e. The average Bonchev–Trinajstić information content (AvgIpc) is 3.56. The molecule has 3 N–H and O–H groups in total. The van der Waals surface area contributed by atoms with Crippen LogP contribution in [-0.4, -0.2) is 57.1 Å². The maximum absolute atomic E-state index is 15.9.